The average molecular weight is 349 g/mol. The van der Waals surface area contributed by atoms with Crippen molar-refractivity contribution in [3.05, 3.63) is 60.7 Å². The standard InChI is InChI=1S/C20H23N5O/c1-2-23-13-17(12-19(23)26)14-24-10-8-21-20(24)18-6-3-5-16(11-18)15-25-9-4-7-22-25/h3-11,17H,2,12-15H2,1H3/t17-/m0/s1. The Kier molecular flexibility index (Phi) is 4.56. The maximum atomic E-state index is 12.0. The summed E-state index contributed by atoms with van der Waals surface area (Å²) in [4.78, 5) is 18.5. The number of amides is 1. The van der Waals surface area contributed by atoms with Crippen LogP contribution in [0.3, 0.4) is 0 Å². The lowest BCUT2D eigenvalue weighted by molar-refractivity contribution is -0.127. The third-order valence-corrected chi connectivity index (χ3v) is 4.94. The van der Waals surface area contributed by atoms with Gasteiger partial charge in [-0.25, -0.2) is 4.98 Å². The molecule has 2 aromatic heterocycles. The lowest BCUT2D eigenvalue weighted by Gasteiger charge is -2.15. The molecule has 1 fully saturated rings. The van der Waals surface area contributed by atoms with E-state index in [1.807, 2.05) is 41.2 Å². The molecule has 1 atom stereocenters. The summed E-state index contributed by atoms with van der Waals surface area (Å²) in [5, 5.41) is 4.27. The third kappa shape index (κ3) is 3.40. The van der Waals surface area contributed by atoms with E-state index in [0.717, 1.165) is 37.6 Å². The van der Waals surface area contributed by atoms with E-state index in [1.54, 1.807) is 6.20 Å². The van der Waals surface area contributed by atoms with Crippen LogP contribution in [0.15, 0.2) is 55.1 Å². The lowest BCUT2D eigenvalue weighted by Crippen LogP contribution is -2.25. The van der Waals surface area contributed by atoms with Crippen LogP contribution in [0.5, 0.6) is 0 Å². The summed E-state index contributed by atoms with van der Waals surface area (Å²) in [7, 11) is 0. The molecular formula is C20H23N5O. The van der Waals surface area contributed by atoms with Crippen molar-refractivity contribution in [3.63, 3.8) is 0 Å². The van der Waals surface area contributed by atoms with E-state index in [4.69, 9.17) is 0 Å². The largest absolute Gasteiger partial charge is 0.343 e. The molecule has 6 heteroatoms. The van der Waals surface area contributed by atoms with Gasteiger partial charge >= 0.3 is 0 Å². The molecule has 0 bridgehead atoms. The van der Waals surface area contributed by atoms with Gasteiger partial charge in [0.25, 0.3) is 0 Å². The molecule has 0 saturated carbocycles. The number of rotatable bonds is 6. The molecule has 4 rings (SSSR count). The van der Waals surface area contributed by atoms with Crippen molar-refractivity contribution in [2.45, 2.75) is 26.4 Å². The molecule has 1 aromatic carbocycles. The van der Waals surface area contributed by atoms with Crippen molar-refractivity contribution in [2.24, 2.45) is 5.92 Å². The van der Waals surface area contributed by atoms with Gasteiger partial charge in [0, 0.05) is 62.3 Å². The Morgan fingerprint density at radius 2 is 2.12 bits per heavy atom. The minimum absolute atomic E-state index is 0.264. The van der Waals surface area contributed by atoms with Crippen LogP contribution in [0, 0.1) is 5.92 Å². The van der Waals surface area contributed by atoms with Gasteiger partial charge in [0.05, 0.1) is 6.54 Å². The zero-order valence-electron chi connectivity index (χ0n) is 15.0. The summed E-state index contributed by atoms with van der Waals surface area (Å²) < 4.78 is 4.08. The van der Waals surface area contributed by atoms with Crippen molar-refractivity contribution in [3.8, 4) is 11.4 Å². The minimum atomic E-state index is 0.264. The summed E-state index contributed by atoms with van der Waals surface area (Å²) in [5.41, 5.74) is 2.28. The highest BCUT2D eigenvalue weighted by Crippen LogP contribution is 2.24. The lowest BCUT2D eigenvalue weighted by atomic mass is 10.1. The SMILES string of the molecule is CCN1C[C@@H](Cn2ccnc2-c2cccc(Cn3cccn3)c2)CC1=O. The van der Waals surface area contributed by atoms with Gasteiger partial charge in [-0.1, -0.05) is 18.2 Å². The van der Waals surface area contributed by atoms with Gasteiger partial charge in [-0.2, -0.15) is 5.10 Å². The Hall–Kier alpha value is -2.89. The molecule has 3 aromatic rings. The molecule has 0 spiro atoms. The third-order valence-electron chi connectivity index (χ3n) is 4.94. The predicted octanol–water partition coefficient (Wildman–Crippen LogP) is 2.66. The number of carbonyl (C=O) groups is 1. The van der Waals surface area contributed by atoms with Crippen LogP contribution < -0.4 is 0 Å². The fourth-order valence-electron chi connectivity index (χ4n) is 3.67. The van der Waals surface area contributed by atoms with E-state index in [2.05, 4.69) is 38.9 Å². The van der Waals surface area contributed by atoms with Crippen molar-refractivity contribution < 1.29 is 4.79 Å². The Labute approximate surface area is 153 Å². The number of likely N-dealkylation sites (tertiary alicyclic amines) is 1. The van der Waals surface area contributed by atoms with E-state index >= 15 is 0 Å². The highest BCUT2D eigenvalue weighted by atomic mass is 16.2. The van der Waals surface area contributed by atoms with Gasteiger partial charge in [0.1, 0.15) is 5.82 Å². The maximum absolute atomic E-state index is 12.0. The molecule has 6 nitrogen and oxygen atoms in total. The van der Waals surface area contributed by atoms with E-state index < -0.39 is 0 Å². The summed E-state index contributed by atoms with van der Waals surface area (Å²) in [5.74, 6) is 1.57. The van der Waals surface area contributed by atoms with Crippen LogP contribution in [0.1, 0.15) is 18.9 Å². The van der Waals surface area contributed by atoms with Gasteiger partial charge in [0.15, 0.2) is 0 Å². The van der Waals surface area contributed by atoms with Gasteiger partial charge in [-0.15, -0.1) is 0 Å². The smallest absolute Gasteiger partial charge is 0.222 e. The van der Waals surface area contributed by atoms with E-state index in [-0.39, 0.29) is 5.91 Å². The summed E-state index contributed by atoms with van der Waals surface area (Å²) in [6, 6.07) is 10.3. The number of aromatic nitrogens is 4. The normalized spacial score (nSPS) is 17.2. The number of imidazole rings is 1. The van der Waals surface area contributed by atoms with Gasteiger partial charge in [-0.05, 0) is 24.6 Å². The van der Waals surface area contributed by atoms with Crippen molar-refractivity contribution in [1.82, 2.24) is 24.2 Å². The molecule has 1 aliphatic rings. The first-order chi connectivity index (χ1) is 12.7. The zero-order chi connectivity index (χ0) is 17.9. The van der Waals surface area contributed by atoms with Crippen LogP contribution in [0.4, 0.5) is 0 Å². The fraction of sp³-hybridized carbons (Fsp3) is 0.350. The highest BCUT2D eigenvalue weighted by Gasteiger charge is 2.28. The van der Waals surface area contributed by atoms with Crippen LogP contribution >= 0.6 is 0 Å². The van der Waals surface area contributed by atoms with E-state index in [1.165, 1.54) is 5.56 Å². The fourth-order valence-corrected chi connectivity index (χ4v) is 3.67. The molecule has 1 aliphatic heterocycles. The van der Waals surface area contributed by atoms with E-state index in [9.17, 15) is 4.79 Å². The predicted molar refractivity (Wildman–Crippen MR) is 99.4 cm³/mol. The molecular weight excluding hydrogens is 326 g/mol. The second-order valence-electron chi connectivity index (χ2n) is 6.81. The van der Waals surface area contributed by atoms with Crippen LogP contribution in [0.2, 0.25) is 0 Å². The van der Waals surface area contributed by atoms with E-state index in [0.29, 0.717) is 12.3 Å². The Balaban J connectivity index is 1.52. The molecule has 26 heavy (non-hydrogen) atoms. The second kappa shape index (κ2) is 7.15. The van der Waals surface area contributed by atoms with Crippen LogP contribution in [-0.2, 0) is 17.9 Å². The number of hydrogen-bond donors (Lipinski definition) is 0. The van der Waals surface area contributed by atoms with Crippen molar-refractivity contribution in [1.29, 1.82) is 0 Å². The van der Waals surface area contributed by atoms with Gasteiger partial charge in [0.2, 0.25) is 5.91 Å². The summed E-state index contributed by atoms with van der Waals surface area (Å²) >= 11 is 0. The molecule has 134 valence electrons. The summed E-state index contributed by atoms with van der Waals surface area (Å²) in [6.07, 6.45) is 8.23. The first kappa shape index (κ1) is 16.6. The number of carbonyl (C=O) groups excluding carboxylic acids is 1. The van der Waals surface area contributed by atoms with Gasteiger partial charge in [-0.3, -0.25) is 9.48 Å². The quantitative estimate of drug-likeness (QED) is 0.687. The minimum Gasteiger partial charge on any atom is -0.343 e. The van der Waals surface area contributed by atoms with Crippen LogP contribution in [-0.4, -0.2) is 43.2 Å². The number of hydrogen-bond acceptors (Lipinski definition) is 3. The molecule has 3 heterocycles. The first-order valence-corrected chi connectivity index (χ1v) is 9.08. The van der Waals surface area contributed by atoms with Crippen LogP contribution in [0.25, 0.3) is 11.4 Å². The average Bonchev–Trinajstić information content (AvgIpc) is 3.37. The highest BCUT2D eigenvalue weighted by molar-refractivity contribution is 5.78. The first-order valence-electron chi connectivity index (χ1n) is 9.08. The Bertz CT molecular complexity index is 883. The molecule has 0 unspecified atom stereocenters. The van der Waals surface area contributed by atoms with Crippen molar-refractivity contribution >= 4 is 5.91 Å². The van der Waals surface area contributed by atoms with Crippen molar-refractivity contribution in [2.75, 3.05) is 13.1 Å². The maximum Gasteiger partial charge on any atom is 0.222 e. The zero-order valence-corrected chi connectivity index (χ0v) is 15.0. The topological polar surface area (TPSA) is 56.0 Å². The Morgan fingerprint density at radius 1 is 1.19 bits per heavy atom. The summed E-state index contributed by atoms with van der Waals surface area (Å²) in [6.45, 7) is 5.23. The molecule has 0 aliphatic carbocycles. The molecule has 1 saturated heterocycles. The Morgan fingerprint density at radius 3 is 2.88 bits per heavy atom. The molecule has 0 radical (unpaired) electrons. The number of benzene rings is 1. The monoisotopic (exact) mass is 349 g/mol. The molecule has 1 amide bonds. The van der Waals surface area contributed by atoms with Gasteiger partial charge < -0.3 is 9.47 Å². The number of nitrogens with zero attached hydrogens (tertiary/aromatic N) is 5. The molecule has 0 N–H and O–H groups in total. The second-order valence-corrected chi connectivity index (χ2v) is 6.81.